The van der Waals surface area contributed by atoms with Crippen LogP contribution < -0.4 is 5.32 Å². The van der Waals surface area contributed by atoms with Crippen LogP contribution in [0.25, 0.3) is 0 Å². The standard InChI is InChI=1S/C21H25NO5S/c1-3-27-19(24)15-13-6-4-5-7-14(13)28-18(15)22-17(23)16-11-8-9-12(10-11)21(16,2)20(25)26/h8-9,11-12,16H,3-7,10H2,1-2H3,(H,22,23)(H,25,26)/t11-,12+,16-,21-/m1/s1. The Morgan fingerprint density at radius 2 is 2.04 bits per heavy atom. The zero-order valence-electron chi connectivity index (χ0n) is 16.1. The second-order valence-electron chi connectivity index (χ2n) is 8.08. The van der Waals surface area contributed by atoms with Crippen molar-refractivity contribution in [1.82, 2.24) is 0 Å². The van der Waals surface area contributed by atoms with E-state index in [-0.39, 0.29) is 24.3 Å². The summed E-state index contributed by atoms with van der Waals surface area (Å²) in [6, 6.07) is 0. The minimum Gasteiger partial charge on any atom is -0.481 e. The van der Waals surface area contributed by atoms with Crippen LogP contribution in [0.15, 0.2) is 12.2 Å². The summed E-state index contributed by atoms with van der Waals surface area (Å²) in [6.45, 7) is 3.69. The monoisotopic (exact) mass is 403 g/mol. The molecule has 150 valence electrons. The fourth-order valence-corrected chi connectivity index (χ4v) is 6.40. The van der Waals surface area contributed by atoms with E-state index >= 15 is 0 Å². The minimum atomic E-state index is -1.12. The number of fused-ring (bicyclic) bond motifs is 3. The average molecular weight is 404 g/mol. The lowest BCUT2D eigenvalue weighted by molar-refractivity contribution is -0.155. The molecular formula is C21H25NO5S. The Labute approximate surface area is 168 Å². The fourth-order valence-electron chi connectivity index (χ4n) is 5.12. The molecule has 3 aliphatic carbocycles. The van der Waals surface area contributed by atoms with Gasteiger partial charge in [-0.3, -0.25) is 9.59 Å². The highest BCUT2D eigenvalue weighted by Crippen LogP contribution is 2.56. The number of aryl methyl sites for hydroxylation is 1. The number of aliphatic carboxylic acids is 1. The lowest BCUT2D eigenvalue weighted by Crippen LogP contribution is -2.45. The van der Waals surface area contributed by atoms with Gasteiger partial charge in [-0.1, -0.05) is 12.2 Å². The van der Waals surface area contributed by atoms with Gasteiger partial charge in [0.05, 0.1) is 23.5 Å². The maximum atomic E-state index is 13.2. The van der Waals surface area contributed by atoms with Crippen molar-refractivity contribution in [3.05, 3.63) is 28.2 Å². The summed E-state index contributed by atoms with van der Waals surface area (Å²) < 4.78 is 5.24. The van der Waals surface area contributed by atoms with E-state index in [9.17, 15) is 19.5 Å². The van der Waals surface area contributed by atoms with E-state index < -0.39 is 23.3 Å². The van der Waals surface area contributed by atoms with Crippen LogP contribution in [0, 0.1) is 23.2 Å². The van der Waals surface area contributed by atoms with E-state index in [0.717, 1.165) is 36.1 Å². The van der Waals surface area contributed by atoms with Crippen LogP contribution in [0.3, 0.4) is 0 Å². The molecule has 0 aliphatic heterocycles. The van der Waals surface area contributed by atoms with Gasteiger partial charge >= 0.3 is 11.9 Å². The van der Waals surface area contributed by atoms with Crippen LogP contribution in [0.4, 0.5) is 5.00 Å². The largest absolute Gasteiger partial charge is 0.481 e. The molecule has 1 heterocycles. The molecule has 0 spiro atoms. The van der Waals surface area contributed by atoms with Crippen molar-refractivity contribution in [2.75, 3.05) is 11.9 Å². The lowest BCUT2D eigenvalue weighted by atomic mass is 9.69. The van der Waals surface area contributed by atoms with Gasteiger partial charge in [-0.2, -0.15) is 0 Å². The summed E-state index contributed by atoms with van der Waals surface area (Å²) in [5.74, 6) is -2.52. The van der Waals surface area contributed by atoms with E-state index in [2.05, 4.69) is 5.32 Å². The second kappa shape index (κ2) is 7.03. The van der Waals surface area contributed by atoms with Crippen LogP contribution in [0.2, 0.25) is 0 Å². The number of carbonyl (C=O) groups excluding carboxylic acids is 2. The van der Waals surface area contributed by atoms with Gasteiger partial charge in [0.15, 0.2) is 0 Å². The van der Waals surface area contributed by atoms with Gasteiger partial charge in [-0.15, -0.1) is 11.3 Å². The Morgan fingerprint density at radius 1 is 1.29 bits per heavy atom. The topological polar surface area (TPSA) is 92.7 Å². The third-order valence-corrected chi connectivity index (χ3v) is 7.80. The van der Waals surface area contributed by atoms with E-state index in [4.69, 9.17) is 4.74 Å². The number of hydrogen-bond donors (Lipinski definition) is 2. The highest BCUT2D eigenvalue weighted by molar-refractivity contribution is 7.17. The van der Waals surface area contributed by atoms with Crippen LogP contribution in [0.5, 0.6) is 0 Å². The Morgan fingerprint density at radius 3 is 2.75 bits per heavy atom. The van der Waals surface area contributed by atoms with Crippen LogP contribution >= 0.6 is 11.3 Å². The third-order valence-electron chi connectivity index (χ3n) is 6.59. The molecule has 28 heavy (non-hydrogen) atoms. The number of carbonyl (C=O) groups is 3. The summed E-state index contributed by atoms with van der Waals surface area (Å²) in [5.41, 5.74) is 0.328. The number of anilines is 1. The number of nitrogens with one attached hydrogen (secondary N) is 1. The quantitative estimate of drug-likeness (QED) is 0.578. The number of hydrogen-bond acceptors (Lipinski definition) is 5. The van der Waals surface area contributed by atoms with Crippen LogP contribution in [-0.2, 0) is 27.2 Å². The number of ether oxygens (including phenoxy) is 1. The SMILES string of the molecule is CCOC(=O)c1c(NC(=O)[C@H]2[C@@H]3C=C[C@@H](C3)[C@@]2(C)C(=O)O)sc2c1CCCC2. The minimum absolute atomic E-state index is 0.0771. The van der Waals surface area contributed by atoms with E-state index in [1.165, 1.54) is 11.3 Å². The number of carboxylic acid groups (broad SMARTS) is 1. The molecule has 2 N–H and O–H groups in total. The molecule has 4 atom stereocenters. The van der Waals surface area contributed by atoms with Crippen molar-refractivity contribution < 1.29 is 24.2 Å². The number of allylic oxidation sites excluding steroid dienone is 2. The Balaban J connectivity index is 1.67. The summed E-state index contributed by atoms with van der Waals surface area (Å²) >= 11 is 1.43. The molecule has 1 aromatic heterocycles. The molecule has 0 unspecified atom stereocenters. The van der Waals surface area contributed by atoms with Gasteiger partial charge in [0.2, 0.25) is 5.91 Å². The molecule has 0 saturated heterocycles. The maximum Gasteiger partial charge on any atom is 0.341 e. The van der Waals surface area contributed by atoms with Gasteiger partial charge in [0.1, 0.15) is 5.00 Å². The van der Waals surface area contributed by atoms with Crippen LogP contribution in [0.1, 0.15) is 53.9 Å². The van der Waals surface area contributed by atoms with Crippen LogP contribution in [-0.4, -0.2) is 29.6 Å². The van der Waals surface area contributed by atoms with Gasteiger partial charge in [-0.05, 0) is 63.4 Å². The Bertz CT molecular complexity index is 872. The first kappa shape index (κ1) is 19.2. The van der Waals surface area contributed by atoms with E-state index in [1.54, 1.807) is 13.8 Å². The third kappa shape index (κ3) is 2.79. The summed E-state index contributed by atoms with van der Waals surface area (Å²) in [6.07, 6.45) is 8.36. The maximum absolute atomic E-state index is 13.2. The molecule has 1 amide bonds. The highest BCUT2D eigenvalue weighted by atomic mass is 32.1. The smallest absolute Gasteiger partial charge is 0.341 e. The predicted molar refractivity (Wildman–Crippen MR) is 106 cm³/mol. The van der Waals surface area contributed by atoms with Gasteiger partial charge < -0.3 is 15.2 Å². The number of esters is 1. The molecule has 1 aromatic rings. The zero-order valence-corrected chi connectivity index (χ0v) is 16.9. The molecule has 0 aromatic carbocycles. The first-order chi connectivity index (χ1) is 13.4. The average Bonchev–Trinajstić information content (AvgIpc) is 3.33. The molecule has 0 radical (unpaired) electrons. The van der Waals surface area contributed by atoms with Crippen molar-refractivity contribution in [2.45, 2.75) is 46.0 Å². The molecule has 2 bridgehead atoms. The van der Waals surface area contributed by atoms with E-state index in [1.807, 2.05) is 12.2 Å². The molecule has 3 aliphatic rings. The Kier molecular flexibility index (Phi) is 4.81. The van der Waals surface area contributed by atoms with Crippen molar-refractivity contribution in [3.63, 3.8) is 0 Å². The molecule has 1 fully saturated rings. The number of thiophene rings is 1. The van der Waals surface area contributed by atoms with E-state index in [0.29, 0.717) is 17.0 Å². The van der Waals surface area contributed by atoms with Crippen molar-refractivity contribution >= 4 is 34.2 Å². The summed E-state index contributed by atoms with van der Waals surface area (Å²) in [7, 11) is 0. The summed E-state index contributed by atoms with van der Waals surface area (Å²) in [5, 5.41) is 13.3. The Hall–Kier alpha value is -2.15. The van der Waals surface area contributed by atoms with Gasteiger partial charge in [0, 0.05) is 4.88 Å². The molecule has 6 nitrogen and oxygen atoms in total. The number of rotatable bonds is 5. The highest BCUT2D eigenvalue weighted by Gasteiger charge is 2.60. The second-order valence-corrected chi connectivity index (χ2v) is 9.19. The molecule has 1 saturated carbocycles. The zero-order chi connectivity index (χ0) is 20.1. The first-order valence-electron chi connectivity index (χ1n) is 9.92. The van der Waals surface area contributed by atoms with Gasteiger partial charge in [-0.25, -0.2) is 4.79 Å². The normalized spacial score (nSPS) is 30.1. The molecule has 7 heteroatoms. The molecular weight excluding hydrogens is 378 g/mol. The van der Waals surface area contributed by atoms with Crippen molar-refractivity contribution in [3.8, 4) is 0 Å². The van der Waals surface area contributed by atoms with Crippen molar-refractivity contribution in [1.29, 1.82) is 0 Å². The number of amides is 1. The summed E-state index contributed by atoms with van der Waals surface area (Å²) in [4.78, 5) is 38.9. The predicted octanol–water partition coefficient (Wildman–Crippen LogP) is 3.66. The fraction of sp³-hybridized carbons (Fsp3) is 0.571. The first-order valence-corrected chi connectivity index (χ1v) is 10.7. The lowest BCUT2D eigenvalue weighted by Gasteiger charge is -2.33. The number of carboxylic acids is 1. The van der Waals surface area contributed by atoms with Gasteiger partial charge in [0.25, 0.3) is 0 Å². The molecule has 4 rings (SSSR count). The van der Waals surface area contributed by atoms with Crippen molar-refractivity contribution in [2.24, 2.45) is 23.2 Å².